The van der Waals surface area contributed by atoms with Gasteiger partial charge in [0.25, 0.3) is 5.91 Å². The predicted octanol–water partition coefficient (Wildman–Crippen LogP) is 0.857. The summed E-state index contributed by atoms with van der Waals surface area (Å²) in [6.07, 6.45) is 0. The Morgan fingerprint density at radius 3 is 1.96 bits per heavy atom. The molecule has 0 bridgehead atoms. The number of carboxylic acids is 1. The highest BCUT2D eigenvalue weighted by Gasteiger charge is 2.30. The van der Waals surface area contributed by atoms with E-state index in [1.165, 1.54) is 19.3 Å². The molecule has 0 spiro atoms. The van der Waals surface area contributed by atoms with E-state index in [9.17, 15) is 24.3 Å². The summed E-state index contributed by atoms with van der Waals surface area (Å²) < 4.78 is 9.52. The molecule has 0 aliphatic heterocycles. The van der Waals surface area contributed by atoms with Gasteiger partial charge in [-0.1, -0.05) is 0 Å². The second-order valence-electron chi connectivity index (χ2n) is 4.10. The smallest absolute Gasteiger partial charge is 0.339 e. The van der Waals surface area contributed by atoms with Gasteiger partial charge in [-0.25, -0.2) is 19.9 Å². The third-order valence-corrected chi connectivity index (χ3v) is 2.74. The summed E-state index contributed by atoms with van der Waals surface area (Å²) in [6.45, 7) is 2.96. The minimum Gasteiger partial charge on any atom is -0.478 e. The Morgan fingerprint density at radius 1 is 0.957 bits per heavy atom. The van der Waals surface area contributed by atoms with Gasteiger partial charge in [0.05, 0.1) is 35.5 Å². The fourth-order valence-electron chi connectivity index (χ4n) is 1.87. The zero-order valence-corrected chi connectivity index (χ0v) is 12.4. The number of benzene rings is 1. The molecule has 23 heavy (non-hydrogen) atoms. The van der Waals surface area contributed by atoms with E-state index in [-0.39, 0.29) is 18.8 Å². The second-order valence-corrected chi connectivity index (χ2v) is 4.10. The summed E-state index contributed by atoms with van der Waals surface area (Å²) in [7, 11) is 0. The van der Waals surface area contributed by atoms with Crippen LogP contribution in [0, 0.1) is 0 Å². The molecular formula is C14H15NO8. The van der Waals surface area contributed by atoms with Gasteiger partial charge in [0.2, 0.25) is 0 Å². The normalized spacial score (nSPS) is 9.87. The number of amides is 1. The van der Waals surface area contributed by atoms with Crippen LogP contribution >= 0.6 is 0 Å². The molecule has 1 aromatic rings. The van der Waals surface area contributed by atoms with Crippen LogP contribution in [0.3, 0.4) is 0 Å². The summed E-state index contributed by atoms with van der Waals surface area (Å²) in [5.74, 6) is -4.82. The highest BCUT2D eigenvalue weighted by molar-refractivity contribution is 6.15. The summed E-state index contributed by atoms with van der Waals surface area (Å²) in [4.78, 5) is 47.1. The number of esters is 2. The van der Waals surface area contributed by atoms with Crippen molar-refractivity contribution in [3.05, 3.63) is 34.4 Å². The van der Waals surface area contributed by atoms with Crippen molar-refractivity contribution in [2.45, 2.75) is 13.8 Å². The number of hydroxylamine groups is 1. The summed E-state index contributed by atoms with van der Waals surface area (Å²) in [6, 6.07) is 2.05. The Labute approximate surface area is 130 Å². The van der Waals surface area contributed by atoms with Gasteiger partial charge in [-0.15, -0.1) is 0 Å². The van der Waals surface area contributed by atoms with E-state index in [4.69, 9.17) is 14.7 Å². The van der Waals surface area contributed by atoms with Crippen LogP contribution in [0.1, 0.15) is 55.3 Å². The van der Waals surface area contributed by atoms with E-state index in [0.29, 0.717) is 0 Å². The first-order valence-corrected chi connectivity index (χ1v) is 6.57. The van der Waals surface area contributed by atoms with Crippen molar-refractivity contribution >= 4 is 23.8 Å². The Morgan fingerprint density at radius 2 is 1.48 bits per heavy atom. The van der Waals surface area contributed by atoms with E-state index in [1.54, 1.807) is 0 Å². The summed E-state index contributed by atoms with van der Waals surface area (Å²) in [5.41, 5.74) is -0.951. The fraction of sp³-hybridized carbons (Fsp3) is 0.286. The SMILES string of the molecule is CCOC(=O)c1ccc(C(=O)NO)c(C(=O)O)c1C(=O)OCC. The molecule has 0 saturated carbocycles. The Bertz CT molecular complexity index is 652. The van der Waals surface area contributed by atoms with Crippen molar-refractivity contribution in [3.63, 3.8) is 0 Å². The minimum absolute atomic E-state index is 0.00236. The highest BCUT2D eigenvalue weighted by Crippen LogP contribution is 2.22. The number of rotatable bonds is 6. The lowest BCUT2D eigenvalue weighted by Gasteiger charge is -2.13. The second kappa shape index (κ2) is 7.90. The number of carboxylic acid groups (broad SMARTS) is 1. The van der Waals surface area contributed by atoms with Crippen molar-refractivity contribution in [1.82, 2.24) is 5.48 Å². The molecule has 1 rings (SSSR count). The van der Waals surface area contributed by atoms with Crippen LogP contribution in [-0.2, 0) is 9.47 Å². The highest BCUT2D eigenvalue weighted by atomic mass is 16.5. The van der Waals surface area contributed by atoms with Crippen LogP contribution in [0.15, 0.2) is 12.1 Å². The average molecular weight is 325 g/mol. The maximum atomic E-state index is 12.1. The Balaban J connectivity index is 3.70. The first kappa shape index (κ1) is 18.1. The monoisotopic (exact) mass is 325 g/mol. The lowest BCUT2D eigenvalue weighted by atomic mass is 9.95. The molecule has 0 aliphatic carbocycles. The zero-order valence-electron chi connectivity index (χ0n) is 12.4. The average Bonchev–Trinajstić information content (AvgIpc) is 2.52. The lowest BCUT2D eigenvalue weighted by molar-refractivity contribution is 0.0472. The van der Waals surface area contributed by atoms with Crippen LogP contribution in [0.25, 0.3) is 0 Å². The van der Waals surface area contributed by atoms with Crippen molar-refractivity contribution in [3.8, 4) is 0 Å². The first-order chi connectivity index (χ1) is 10.9. The van der Waals surface area contributed by atoms with Gasteiger partial charge >= 0.3 is 17.9 Å². The summed E-state index contributed by atoms with van der Waals surface area (Å²) in [5, 5.41) is 18.0. The maximum Gasteiger partial charge on any atom is 0.339 e. The van der Waals surface area contributed by atoms with E-state index in [2.05, 4.69) is 0 Å². The molecule has 3 N–H and O–H groups in total. The molecule has 0 saturated heterocycles. The van der Waals surface area contributed by atoms with Crippen molar-refractivity contribution in [1.29, 1.82) is 0 Å². The third-order valence-electron chi connectivity index (χ3n) is 2.74. The molecule has 0 radical (unpaired) electrons. The van der Waals surface area contributed by atoms with Gasteiger partial charge < -0.3 is 14.6 Å². The van der Waals surface area contributed by atoms with Gasteiger partial charge in [0.1, 0.15) is 0 Å². The number of ether oxygens (including phenoxy) is 2. The largest absolute Gasteiger partial charge is 0.478 e. The predicted molar refractivity (Wildman–Crippen MR) is 74.6 cm³/mol. The molecular weight excluding hydrogens is 310 g/mol. The van der Waals surface area contributed by atoms with Gasteiger partial charge in [-0.05, 0) is 26.0 Å². The Hall–Kier alpha value is -2.94. The van der Waals surface area contributed by atoms with E-state index >= 15 is 0 Å². The van der Waals surface area contributed by atoms with Crippen LogP contribution in [-0.4, -0.2) is 47.3 Å². The van der Waals surface area contributed by atoms with Gasteiger partial charge in [-0.3, -0.25) is 10.0 Å². The third kappa shape index (κ3) is 3.83. The van der Waals surface area contributed by atoms with Crippen LogP contribution in [0.4, 0.5) is 0 Å². The molecule has 1 aromatic carbocycles. The molecule has 0 fully saturated rings. The van der Waals surface area contributed by atoms with E-state index in [0.717, 1.165) is 12.1 Å². The van der Waals surface area contributed by atoms with Crippen LogP contribution < -0.4 is 5.48 Å². The topological polar surface area (TPSA) is 139 Å². The van der Waals surface area contributed by atoms with E-state index in [1.807, 2.05) is 0 Å². The number of nitrogens with one attached hydrogen (secondary N) is 1. The number of carbonyl (C=O) groups is 4. The number of carbonyl (C=O) groups excluding carboxylic acids is 3. The van der Waals surface area contributed by atoms with Crippen molar-refractivity contribution in [2.75, 3.05) is 13.2 Å². The molecule has 0 heterocycles. The van der Waals surface area contributed by atoms with Crippen molar-refractivity contribution < 1.29 is 39.0 Å². The molecule has 0 unspecified atom stereocenters. The maximum absolute atomic E-state index is 12.1. The van der Waals surface area contributed by atoms with Crippen molar-refractivity contribution in [2.24, 2.45) is 0 Å². The van der Waals surface area contributed by atoms with Gasteiger partial charge in [-0.2, -0.15) is 0 Å². The molecule has 9 nitrogen and oxygen atoms in total. The number of hydrogen-bond donors (Lipinski definition) is 3. The molecule has 0 aliphatic rings. The van der Waals surface area contributed by atoms with E-state index < -0.39 is 40.5 Å². The fourth-order valence-corrected chi connectivity index (χ4v) is 1.87. The molecule has 9 heteroatoms. The van der Waals surface area contributed by atoms with Gasteiger partial charge in [0.15, 0.2) is 0 Å². The molecule has 0 atom stereocenters. The quantitative estimate of drug-likeness (QED) is 0.397. The minimum atomic E-state index is -1.64. The first-order valence-electron chi connectivity index (χ1n) is 6.57. The molecule has 0 aromatic heterocycles. The molecule has 124 valence electrons. The standard InChI is InChI=1S/C14H15NO8/c1-3-22-13(19)8-6-5-7(11(16)15-21)9(12(17)18)10(8)14(20)23-4-2/h5-6,21H,3-4H2,1-2H3,(H,15,16)(H,17,18). The van der Waals surface area contributed by atoms with Crippen LogP contribution in [0.2, 0.25) is 0 Å². The zero-order chi connectivity index (χ0) is 17.6. The number of hydrogen-bond acceptors (Lipinski definition) is 7. The van der Waals surface area contributed by atoms with Gasteiger partial charge in [0, 0.05) is 0 Å². The lowest BCUT2D eigenvalue weighted by Crippen LogP contribution is -2.26. The Kier molecular flexibility index (Phi) is 6.22. The summed E-state index contributed by atoms with van der Waals surface area (Å²) >= 11 is 0. The molecule has 1 amide bonds. The van der Waals surface area contributed by atoms with Crippen LogP contribution in [0.5, 0.6) is 0 Å². The number of aromatic carboxylic acids is 1.